The lowest BCUT2D eigenvalue weighted by Gasteiger charge is -2.31. The van der Waals surface area contributed by atoms with Gasteiger partial charge in [-0.3, -0.25) is 9.59 Å². The normalized spacial score (nSPS) is 13.4. The van der Waals surface area contributed by atoms with Crippen LogP contribution in [-0.4, -0.2) is 49.1 Å². The molecular formula is C26H34N2O5. The van der Waals surface area contributed by atoms with Gasteiger partial charge in [-0.25, -0.2) is 0 Å². The van der Waals surface area contributed by atoms with Crippen molar-refractivity contribution in [3.05, 3.63) is 53.6 Å². The monoisotopic (exact) mass is 454 g/mol. The van der Waals surface area contributed by atoms with Gasteiger partial charge < -0.3 is 24.4 Å². The summed E-state index contributed by atoms with van der Waals surface area (Å²) in [4.78, 5) is 28.0. The Labute approximate surface area is 196 Å². The van der Waals surface area contributed by atoms with Gasteiger partial charge in [0.05, 0.1) is 7.11 Å². The third-order valence-electron chi connectivity index (χ3n) is 5.54. The van der Waals surface area contributed by atoms with Crippen LogP contribution < -0.4 is 19.5 Å². The van der Waals surface area contributed by atoms with Gasteiger partial charge in [0.15, 0.2) is 11.5 Å². The number of aryl methyl sites for hydroxylation is 1. The molecule has 1 N–H and O–H groups in total. The van der Waals surface area contributed by atoms with Crippen molar-refractivity contribution in [3.8, 4) is 17.2 Å². The number of ether oxygens (including phenoxy) is 3. The highest BCUT2D eigenvalue weighted by atomic mass is 16.6. The smallest absolute Gasteiger partial charge is 0.243 e. The molecule has 1 aliphatic rings. The van der Waals surface area contributed by atoms with Crippen LogP contribution in [0.3, 0.4) is 0 Å². The van der Waals surface area contributed by atoms with Crippen LogP contribution in [-0.2, 0) is 22.6 Å². The van der Waals surface area contributed by atoms with E-state index in [1.165, 1.54) is 0 Å². The number of carbonyl (C=O) groups is 2. The number of hydrogen-bond donors (Lipinski definition) is 1. The van der Waals surface area contributed by atoms with Gasteiger partial charge in [-0.2, -0.15) is 0 Å². The number of hydrogen-bond acceptors (Lipinski definition) is 5. The Morgan fingerprint density at radius 3 is 2.52 bits per heavy atom. The lowest BCUT2D eigenvalue weighted by molar-refractivity contribution is -0.141. The maximum absolute atomic E-state index is 13.4. The van der Waals surface area contributed by atoms with E-state index in [0.29, 0.717) is 38.3 Å². The number of nitrogens with one attached hydrogen (secondary N) is 1. The lowest BCUT2D eigenvalue weighted by atomic mass is 10.1. The highest BCUT2D eigenvalue weighted by Crippen LogP contribution is 2.31. The summed E-state index contributed by atoms with van der Waals surface area (Å²) < 4.78 is 16.6. The van der Waals surface area contributed by atoms with Crippen molar-refractivity contribution in [2.24, 2.45) is 0 Å². The van der Waals surface area contributed by atoms with Crippen LogP contribution in [0.4, 0.5) is 0 Å². The molecule has 0 spiro atoms. The number of amides is 2. The average Bonchev–Trinajstić information content (AvgIpc) is 2.82. The molecule has 7 heteroatoms. The summed E-state index contributed by atoms with van der Waals surface area (Å²) in [7, 11) is 1.61. The van der Waals surface area contributed by atoms with Crippen molar-refractivity contribution in [3.63, 3.8) is 0 Å². The van der Waals surface area contributed by atoms with E-state index in [0.717, 1.165) is 22.6 Å². The number of carbonyl (C=O) groups excluding carboxylic acids is 2. The zero-order chi connectivity index (χ0) is 23.8. The molecule has 3 rings (SSSR count). The number of rotatable bonds is 10. The van der Waals surface area contributed by atoms with Crippen molar-refractivity contribution in [1.82, 2.24) is 10.2 Å². The molecule has 178 valence electrons. The largest absolute Gasteiger partial charge is 0.497 e. The fourth-order valence-electron chi connectivity index (χ4n) is 3.91. The summed E-state index contributed by atoms with van der Waals surface area (Å²) in [5.74, 6) is 1.95. The summed E-state index contributed by atoms with van der Waals surface area (Å²) in [6.45, 7) is 7.16. The molecule has 0 saturated heterocycles. The summed E-state index contributed by atoms with van der Waals surface area (Å²) in [6.07, 6.45) is 1.36. The maximum Gasteiger partial charge on any atom is 0.243 e. The third kappa shape index (κ3) is 6.63. The van der Waals surface area contributed by atoms with E-state index in [2.05, 4.69) is 5.32 Å². The fourth-order valence-corrected chi connectivity index (χ4v) is 3.91. The molecule has 0 unspecified atom stereocenters. The minimum Gasteiger partial charge on any atom is -0.497 e. The zero-order valence-corrected chi connectivity index (χ0v) is 19.9. The van der Waals surface area contributed by atoms with E-state index in [1.807, 2.05) is 63.2 Å². The van der Waals surface area contributed by atoms with Crippen molar-refractivity contribution in [2.75, 3.05) is 20.3 Å². The zero-order valence-electron chi connectivity index (χ0n) is 19.9. The predicted molar refractivity (Wildman–Crippen MR) is 127 cm³/mol. The van der Waals surface area contributed by atoms with Crippen molar-refractivity contribution < 1.29 is 23.8 Å². The first-order valence-electron chi connectivity index (χ1n) is 11.5. The topological polar surface area (TPSA) is 77.1 Å². The minimum atomic E-state index is -0.550. The van der Waals surface area contributed by atoms with E-state index >= 15 is 0 Å². The highest BCUT2D eigenvalue weighted by molar-refractivity contribution is 5.87. The Morgan fingerprint density at radius 1 is 1.06 bits per heavy atom. The molecule has 0 bridgehead atoms. The van der Waals surface area contributed by atoms with E-state index in [1.54, 1.807) is 12.0 Å². The van der Waals surface area contributed by atoms with E-state index in [4.69, 9.17) is 14.2 Å². The lowest BCUT2D eigenvalue weighted by Crippen LogP contribution is -2.50. The van der Waals surface area contributed by atoms with Crippen molar-refractivity contribution >= 4 is 11.8 Å². The fraction of sp³-hybridized carbons (Fsp3) is 0.462. The number of fused-ring (bicyclic) bond motifs is 1. The van der Waals surface area contributed by atoms with E-state index in [-0.39, 0.29) is 24.3 Å². The van der Waals surface area contributed by atoms with E-state index in [9.17, 15) is 9.59 Å². The minimum absolute atomic E-state index is 0.00182. The van der Waals surface area contributed by atoms with Gasteiger partial charge in [0.25, 0.3) is 0 Å². The Kier molecular flexibility index (Phi) is 8.58. The van der Waals surface area contributed by atoms with Gasteiger partial charge in [-0.15, -0.1) is 0 Å². The number of nitrogens with zero attached hydrogens (tertiary/aromatic N) is 1. The Hall–Kier alpha value is -3.22. The second-order valence-electron chi connectivity index (χ2n) is 8.44. The number of benzene rings is 2. The molecule has 33 heavy (non-hydrogen) atoms. The summed E-state index contributed by atoms with van der Waals surface area (Å²) in [5, 5.41) is 2.96. The Balaban J connectivity index is 1.77. The van der Waals surface area contributed by atoms with Crippen LogP contribution in [0, 0.1) is 0 Å². The molecule has 1 atom stereocenters. The van der Waals surface area contributed by atoms with Crippen LogP contribution in [0.5, 0.6) is 17.2 Å². The van der Waals surface area contributed by atoms with Crippen LogP contribution >= 0.6 is 0 Å². The predicted octanol–water partition coefficient (Wildman–Crippen LogP) is 3.73. The summed E-state index contributed by atoms with van der Waals surface area (Å²) >= 11 is 0. The summed E-state index contributed by atoms with van der Waals surface area (Å²) in [6, 6.07) is 12.8. The first-order chi connectivity index (χ1) is 15.9. The molecule has 0 aromatic heterocycles. The second kappa shape index (κ2) is 11.6. The average molecular weight is 455 g/mol. The standard InChI is InChI=1S/C26H34N2O5/c1-5-22(26(30)27-18(2)3)28(17-20-7-6-8-21(15-20)31-4)25(29)12-10-19-9-11-23-24(16-19)33-14-13-32-23/h6-9,11,15-16,18,22H,5,10,12-14,17H2,1-4H3,(H,27,30)/t22-/m1/s1. The molecule has 2 amide bonds. The highest BCUT2D eigenvalue weighted by Gasteiger charge is 2.29. The van der Waals surface area contributed by atoms with Gasteiger partial charge in [0, 0.05) is 19.0 Å². The van der Waals surface area contributed by atoms with Gasteiger partial charge in [0.1, 0.15) is 25.0 Å². The quantitative estimate of drug-likeness (QED) is 0.592. The van der Waals surface area contributed by atoms with Gasteiger partial charge in [-0.1, -0.05) is 25.1 Å². The first kappa shape index (κ1) is 24.4. The molecule has 1 aliphatic heterocycles. The molecule has 0 aliphatic carbocycles. The Bertz CT molecular complexity index is 959. The van der Waals surface area contributed by atoms with Gasteiger partial charge >= 0.3 is 0 Å². The van der Waals surface area contributed by atoms with Gasteiger partial charge in [0.2, 0.25) is 11.8 Å². The molecule has 1 heterocycles. The number of methoxy groups -OCH3 is 1. The Morgan fingerprint density at radius 2 is 1.82 bits per heavy atom. The molecule has 0 radical (unpaired) electrons. The molecule has 2 aromatic carbocycles. The first-order valence-corrected chi connectivity index (χ1v) is 11.5. The molecule has 2 aromatic rings. The molecular weight excluding hydrogens is 420 g/mol. The second-order valence-corrected chi connectivity index (χ2v) is 8.44. The summed E-state index contributed by atoms with van der Waals surface area (Å²) in [5.41, 5.74) is 1.91. The third-order valence-corrected chi connectivity index (χ3v) is 5.54. The van der Waals surface area contributed by atoms with Crippen LogP contribution in [0.2, 0.25) is 0 Å². The molecule has 0 saturated carbocycles. The van der Waals surface area contributed by atoms with Crippen LogP contribution in [0.15, 0.2) is 42.5 Å². The molecule has 7 nitrogen and oxygen atoms in total. The maximum atomic E-state index is 13.4. The van der Waals surface area contributed by atoms with Crippen molar-refractivity contribution in [1.29, 1.82) is 0 Å². The van der Waals surface area contributed by atoms with E-state index < -0.39 is 6.04 Å². The van der Waals surface area contributed by atoms with Crippen molar-refractivity contribution in [2.45, 2.75) is 58.7 Å². The van der Waals surface area contributed by atoms with Crippen LogP contribution in [0.25, 0.3) is 0 Å². The molecule has 0 fully saturated rings. The SMILES string of the molecule is CC[C@H](C(=O)NC(C)C)N(Cc1cccc(OC)c1)C(=O)CCc1ccc2c(c1)OCCO2. The van der Waals surface area contributed by atoms with Crippen LogP contribution in [0.1, 0.15) is 44.7 Å². The van der Waals surface area contributed by atoms with Gasteiger partial charge in [-0.05, 0) is 62.1 Å².